The molecule has 4 N–H and O–H groups in total. The van der Waals surface area contributed by atoms with Gasteiger partial charge in [-0.2, -0.15) is 18.4 Å². The maximum atomic E-state index is 13.5. The highest BCUT2D eigenvalue weighted by molar-refractivity contribution is 6.01. The number of hydrogen-bond donors (Lipinski definition) is 3. The Morgan fingerprint density at radius 2 is 2.04 bits per heavy atom. The molecule has 3 heterocycles. The fraction of sp³-hybridized carbons (Fsp3) is 0.421. The molecule has 0 spiro atoms. The molecule has 0 aliphatic carbocycles. The molecule has 28 heavy (non-hydrogen) atoms. The highest BCUT2D eigenvalue weighted by Crippen LogP contribution is 2.41. The summed E-state index contributed by atoms with van der Waals surface area (Å²) < 4.78 is 40.6. The average Bonchev–Trinajstić information content (AvgIpc) is 2.66. The number of rotatable bonds is 3. The number of piperidine rings is 1. The minimum Gasteiger partial charge on any atom is -0.385 e. The number of nitrogens with zero attached hydrogens (tertiary/aromatic N) is 3. The van der Waals surface area contributed by atoms with E-state index in [-0.39, 0.29) is 35.1 Å². The largest absolute Gasteiger partial charge is 0.396 e. The maximum Gasteiger partial charge on any atom is 0.396 e. The second-order valence-corrected chi connectivity index (χ2v) is 7.07. The number of alkyl halides is 3. The third-order valence-electron chi connectivity index (χ3n) is 5.21. The van der Waals surface area contributed by atoms with Gasteiger partial charge in [0.05, 0.1) is 23.4 Å². The van der Waals surface area contributed by atoms with Gasteiger partial charge in [-0.3, -0.25) is 4.98 Å². The van der Waals surface area contributed by atoms with Gasteiger partial charge >= 0.3 is 6.18 Å². The Hall–Kier alpha value is -3.02. The lowest BCUT2D eigenvalue weighted by molar-refractivity contribution is -0.163. The molecule has 3 rings (SSSR count). The van der Waals surface area contributed by atoms with Crippen molar-refractivity contribution in [2.24, 2.45) is 17.6 Å². The molecule has 0 amide bonds. The van der Waals surface area contributed by atoms with Crippen molar-refractivity contribution in [1.82, 2.24) is 10.3 Å². The van der Waals surface area contributed by atoms with Gasteiger partial charge in [0.2, 0.25) is 0 Å². The van der Waals surface area contributed by atoms with Crippen molar-refractivity contribution in [1.29, 1.82) is 10.7 Å². The van der Waals surface area contributed by atoms with Crippen LogP contribution in [0.4, 0.5) is 18.9 Å². The molecule has 6 nitrogen and oxygen atoms in total. The van der Waals surface area contributed by atoms with Crippen LogP contribution in [0.15, 0.2) is 42.1 Å². The van der Waals surface area contributed by atoms with Crippen LogP contribution in [0.1, 0.15) is 24.8 Å². The first-order valence-electron chi connectivity index (χ1n) is 8.90. The van der Waals surface area contributed by atoms with E-state index in [4.69, 9.17) is 16.4 Å². The normalized spacial score (nSPS) is 21.3. The number of hydrogen-bond acceptors (Lipinski definition) is 6. The van der Waals surface area contributed by atoms with E-state index in [1.807, 2.05) is 11.0 Å². The Kier molecular flexibility index (Phi) is 5.31. The summed E-state index contributed by atoms with van der Waals surface area (Å²) in [5.41, 5.74) is 7.07. The summed E-state index contributed by atoms with van der Waals surface area (Å²) in [5, 5.41) is 20.1. The van der Waals surface area contributed by atoms with Crippen LogP contribution in [0.5, 0.6) is 0 Å². The molecular weight excluding hydrogens is 369 g/mol. The number of nitrogens with two attached hydrogens (primary N) is 1. The number of nitriles is 1. The van der Waals surface area contributed by atoms with Gasteiger partial charge in [0, 0.05) is 48.6 Å². The van der Waals surface area contributed by atoms with Crippen LogP contribution in [-0.4, -0.2) is 30.0 Å². The highest BCUT2D eigenvalue weighted by Gasteiger charge is 2.47. The van der Waals surface area contributed by atoms with Crippen molar-refractivity contribution in [2.45, 2.75) is 25.4 Å². The Balaban J connectivity index is 1.74. The Morgan fingerprint density at radius 1 is 1.36 bits per heavy atom. The van der Waals surface area contributed by atoms with E-state index in [0.29, 0.717) is 31.5 Å². The van der Waals surface area contributed by atoms with E-state index in [0.717, 1.165) is 5.69 Å². The van der Waals surface area contributed by atoms with Gasteiger partial charge in [-0.1, -0.05) is 6.58 Å². The molecule has 1 aromatic rings. The van der Waals surface area contributed by atoms with E-state index in [1.54, 1.807) is 12.3 Å². The van der Waals surface area contributed by atoms with Crippen molar-refractivity contribution in [3.8, 4) is 6.07 Å². The highest BCUT2D eigenvalue weighted by atomic mass is 19.4. The quantitative estimate of drug-likeness (QED) is 0.689. The van der Waals surface area contributed by atoms with Gasteiger partial charge in [-0.25, -0.2) is 0 Å². The van der Waals surface area contributed by atoms with E-state index in [2.05, 4.69) is 16.9 Å². The second-order valence-electron chi connectivity index (χ2n) is 7.07. The molecule has 2 aliphatic rings. The minimum absolute atomic E-state index is 0.0524. The van der Waals surface area contributed by atoms with E-state index in [1.165, 1.54) is 6.20 Å². The fourth-order valence-corrected chi connectivity index (χ4v) is 3.77. The molecule has 9 heteroatoms. The smallest absolute Gasteiger partial charge is 0.385 e. The van der Waals surface area contributed by atoms with Gasteiger partial charge in [0.15, 0.2) is 0 Å². The van der Waals surface area contributed by atoms with E-state index in [9.17, 15) is 13.2 Å². The molecule has 1 unspecified atom stereocenters. The maximum absolute atomic E-state index is 13.5. The van der Waals surface area contributed by atoms with Gasteiger partial charge < -0.3 is 21.4 Å². The van der Waals surface area contributed by atoms with Gasteiger partial charge in [-0.05, 0) is 18.9 Å². The summed E-state index contributed by atoms with van der Waals surface area (Å²) in [6, 6.07) is 3.77. The molecular formula is C19H21F3N6. The van der Waals surface area contributed by atoms with Crippen LogP contribution >= 0.6 is 0 Å². The zero-order valence-corrected chi connectivity index (χ0v) is 15.2. The zero-order chi connectivity index (χ0) is 20.5. The number of aromatic nitrogens is 1. The third-order valence-corrected chi connectivity index (χ3v) is 5.21. The first-order valence-corrected chi connectivity index (χ1v) is 8.90. The first kappa shape index (κ1) is 19.7. The van der Waals surface area contributed by atoms with Crippen molar-refractivity contribution >= 4 is 11.4 Å². The second kappa shape index (κ2) is 7.54. The third kappa shape index (κ3) is 3.96. The molecule has 148 valence electrons. The molecule has 0 saturated carbocycles. The first-order chi connectivity index (χ1) is 13.2. The predicted molar refractivity (Wildman–Crippen MR) is 99.3 cm³/mol. The summed E-state index contributed by atoms with van der Waals surface area (Å²) in [4.78, 5) is 6.07. The number of nitrogens with one attached hydrogen (secondary N) is 2. The van der Waals surface area contributed by atoms with Crippen LogP contribution in [0.2, 0.25) is 0 Å². The summed E-state index contributed by atoms with van der Waals surface area (Å²) in [7, 11) is 0. The van der Waals surface area contributed by atoms with Crippen LogP contribution in [-0.2, 0) is 0 Å². The van der Waals surface area contributed by atoms with Crippen molar-refractivity contribution in [3.63, 3.8) is 0 Å². The fourth-order valence-electron chi connectivity index (χ4n) is 3.77. The lowest BCUT2D eigenvalue weighted by atomic mass is 9.80. The lowest BCUT2D eigenvalue weighted by Gasteiger charge is -2.37. The molecule has 1 atom stereocenters. The Labute approximate surface area is 161 Å². The SMILES string of the molecule is C=C1CC(C(F)(F)F)C(C(=N)C2CCN(c3cncc(C#N)c3)CC2)=C(N)N1. The minimum atomic E-state index is -4.48. The molecule has 1 aromatic heterocycles. The molecule has 2 aliphatic heterocycles. The Morgan fingerprint density at radius 3 is 2.64 bits per heavy atom. The van der Waals surface area contributed by atoms with Crippen molar-refractivity contribution in [3.05, 3.63) is 47.7 Å². The predicted octanol–water partition coefficient (Wildman–Crippen LogP) is 3.05. The van der Waals surface area contributed by atoms with Gasteiger partial charge in [0.25, 0.3) is 0 Å². The average molecular weight is 390 g/mol. The zero-order valence-electron chi connectivity index (χ0n) is 15.2. The molecule has 1 saturated heterocycles. The van der Waals surface area contributed by atoms with Crippen LogP contribution in [0, 0.1) is 28.6 Å². The number of anilines is 1. The number of pyridine rings is 1. The van der Waals surface area contributed by atoms with Gasteiger partial charge in [0.1, 0.15) is 11.9 Å². The topological polar surface area (TPSA) is 102 Å². The summed E-state index contributed by atoms with van der Waals surface area (Å²) in [5.74, 6) is -2.24. The lowest BCUT2D eigenvalue weighted by Crippen LogP contribution is -2.43. The van der Waals surface area contributed by atoms with Crippen molar-refractivity contribution in [2.75, 3.05) is 18.0 Å². The molecule has 0 aromatic carbocycles. The monoisotopic (exact) mass is 390 g/mol. The van der Waals surface area contributed by atoms with E-state index >= 15 is 0 Å². The molecule has 0 bridgehead atoms. The summed E-state index contributed by atoms with van der Waals surface area (Å²) in [6.45, 7) is 4.69. The molecule has 0 radical (unpaired) electrons. The summed E-state index contributed by atoms with van der Waals surface area (Å²) in [6.07, 6.45) is -0.615. The standard InChI is InChI=1S/C19H21F3N6/c1-11-6-15(19(20,21)22)16(18(25)27-11)17(24)13-2-4-28(5-3-13)14-7-12(8-23)9-26-10-14/h7,9-10,13,15,24,27H,1-6,25H2. The van der Waals surface area contributed by atoms with Crippen LogP contribution in [0.3, 0.4) is 0 Å². The Bertz CT molecular complexity index is 859. The molecule has 1 fully saturated rings. The van der Waals surface area contributed by atoms with E-state index < -0.39 is 12.1 Å². The summed E-state index contributed by atoms with van der Waals surface area (Å²) >= 11 is 0. The number of halogens is 3. The van der Waals surface area contributed by atoms with Gasteiger partial charge in [-0.15, -0.1) is 0 Å². The number of allylic oxidation sites excluding steroid dienone is 2. The van der Waals surface area contributed by atoms with Crippen LogP contribution in [0.25, 0.3) is 0 Å². The van der Waals surface area contributed by atoms with Crippen LogP contribution < -0.4 is 16.0 Å². The van der Waals surface area contributed by atoms with Crippen molar-refractivity contribution < 1.29 is 13.2 Å².